The van der Waals surface area contributed by atoms with Gasteiger partial charge in [-0.05, 0) is 57.4 Å². The lowest BCUT2D eigenvalue weighted by Crippen LogP contribution is -2.27. The van der Waals surface area contributed by atoms with Crippen LogP contribution in [0.4, 0.5) is 0 Å². The number of aromatic nitrogens is 7. The number of rotatable bonds is 7. The van der Waals surface area contributed by atoms with Gasteiger partial charge >= 0.3 is 0 Å². The first-order valence-electron chi connectivity index (χ1n) is 9.06. The third-order valence-electron chi connectivity index (χ3n) is 4.27. The first kappa shape index (κ1) is 18.1. The van der Waals surface area contributed by atoms with Gasteiger partial charge in [0.1, 0.15) is 24.1 Å². The van der Waals surface area contributed by atoms with Crippen LogP contribution in [0, 0.1) is 0 Å². The maximum Gasteiger partial charge on any atom is 0.196 e. The number of nitrogens with zero attached hydrogens (tertiary/aromatic N) is 7. The lowest BCUT2D eigenvalue weighted by Gasteiger charge is -2.18. The van der Waals surface area contributed by atoms with Crippen molar-refractivity contribution in [2.24, 2.45) is 0 Å². The second-order valence-corrected chi connectivity index (χ2v) is 6.92. The molecule has 1 unspecified atom stereocenters. The summed E-state index contributed by atoms with van der Waals surface area (Å²) in [7, 11) is 4.07. The van der Waals surface area contributed by atoms with Crippen molar-refractivity contribution in [3.8, 4) is 17.0 Å². The molecule has 0 aliphatic rings. The van der Waals surface area contributed by atoms with Crippen LogP contribution in [0.5, 0.6) is 5.75 Å². The first-order valence-corrected chi connectivity index (χ1v) is 9.06. The molecule has 1 aromatic carbocycles. The van der Waals surface area contributed by atoms with Crippen LogP contribution in [0.25, 0.3) is 22.3 Å². The lowest BCUT2D eigenvalue weighted by molar-refractivity contribution is 0.177. The van der Waals surface area contributed by atoms with Crippen molar-refractivity contribution in [1.29, 1.82) is 0 Å². The zero-order valence-electron chi connectivity index (χ0n) is 16.1. The van der Waals surface area contributed by atoms with E-state index in [1.807, 2.05) is 50.5 Å². The van der Waals surface area contributed by atoms with E-state index in [1.165, 1.54) is 0 Å². The molecule has 0 aliphatic carbocycles. The number of H-pyrrole nitrogens is 1. The maximum absolute atomic E-state index is 5.97. The summed E-state index contributed by atoms with van der Waals surface area (Å²) in [6.45, 7) is 3.32. The number of hydrogen-bond donors (Lipinski definition) is 1. The summed E-state index contributed by atoms with van der Waals surface area (Å²) >= 11 is 0. The summed E-state index contributed by atoms with van der Waals surface area (Å²) in [5.74, 6) is 1.40. The third kappa shape index (κ3) is 3.84. The Labute approximate surface area is 162 Å². The Morgan fingerprint density at radius 1 is 1.18 bits per heavy atom. The van der Waals surface area contributed by atoms with E-state index >= 15 is 0 Å². The number of fused-ring (bicyclic) bond motifs is 1. The number of aromatic amines is 1. The summed E-state index contributed by atoms with van der Waals surface area (Å²) in [5.41, 5.74) is 2.64. The number of benzene rings is 1. The number of tetrazole rings is 1. The van der Waals surface area contributed by atoms with Crippen molar-refractivity contribution in [2.45, 2.75) is 19.6 Å². The van der Waals surface area contributed by atoms with E-state index in [-0.39, 0.29) is 6.10 Å². The Hall–Kier alpha value is -3.33. The molecule has 1 atom stereocenters. The summed E-state index contributed by atoms with van der Waals surface area (Å²) in [6, 6.07) is 11.9. The average Bonchev–Trinajstić information content (AvgIpc) is 3.31. The number of hydrogen-bond acceptors (Lipinski definition) is 7. The van der Waals surface area contributed by atoms with Crippen LogP contribution in [-0.2, 0) is 6.54 Å². The molecule has 9 heteroatoms. The maximum atomic E-state index is 5.97. The quantitative estimate of drug-likeness (QED) is 0.525. The molecule has 9 nitrogen and oxygen atoms in total. The Balaban J connectivity index is 1.62. The second-order valence-electron chi connectivity index (χ2n) is 6.92. The summed E-state index contributed by atoms with van der Waals surface area (Å²) < 4.78 is 7.76. The summed E-state index contributed by atoms with van der Waals surface area (Å²) in [5, 5.41) is 19.8. The molecule has 28 heavy (non-hydrogen) atoms. The molecule has 144 valence electrons. The molecule has 0 radical (unpaired) electrons. The van der Waals surface area contributed by atoms with E-state index in [4.69, 9.17) is 9.84 Å². The fourth-order valence-electron chi connectivity index (χ4n) is 3.19. The first-order chi connectivity index (χ1) is 13.6. The molecule has 3 aromatic heterocycles. The highest BCUT2D eigenvalue weighted by Crippen LogP contribution is 2.28. The number of likely N-dealkylation sites (N-methyl/N-ethyl adjacent to an activating group) is 1. The van der Waals surface area contributed by atoms with Crippen molar-refractivity contribution in [3.05, 3.63) is 48.4 Å². The molecular weight excluding hydrogens is 356 g/mol. The monoisotopic (exact) mass is 378 g/mol. The van der Waals surface area contributed by atoms with E-state index in [1.54, 1.807) is 10.9 Å². The lowest BCUT2D eigenvalue weighted by atomic mass is 10.1. The number of pyridine rings is 1. The van der Waals surface area contributed by atoms with Gasteiger partial charge in [0.15, 0.2) is 11.5 Å². The molecule has 0 saturated carbocycles. The highest BCUT2D eigenvalue weighted by Gasteiger charge is 2.15. The molecule has 0 spiro atoms. The molecule has 3 heterocycles. The largest absolute Gasteiger partial charge is 0.489 e. The van der Waals surface area contributed by atoms with Crippen LogP contribution in [-0.4, -0.2) is 67.0 Å². The topological polar surface area (TPSA) is 97.6 Å². The van der Waals surface area contributed by atoms with Gasteiger partial charge in [-0.2, -0.15) is 10.3 Å². The van der Waals surface area contributed by atoms with Crippen LogP contribution < -0.4 is 4.74 Å². The summed E-state index contributed by atoms with van der Waals surface area (Å²) in [6.07, 6.45) is 1.86. The fraction of sp³-hybridized carbons (Fsp3) is 0.316. The van der Waals surface area contributed by atoms with Crippen LogP contribution in [0.1, 0.15) is 12.7 Å². The zero-order chi connectivity index (χ0) is 19.5. The SMILES string of the molecule is CC(CN(C)C)Oc1ccc(-c2nn(Cc3nn[nH]n3)c3ncccc23)cc1. The molecule has 0 fully saturated rings. The van der Waals surface area contributed by atoms with Crippen LogP contribution in [0.2, 0.25) is 0 Å². The van der Waals surface area contributed by atoms with Gasteiger partial charge in [-0.1, -0.05) is 5.21 Å². The zero-order valence-corrected chi connectivity index (χ0v) is 16.1. The predicted molar refractivity (Wildman–Crippen MR) is 105 cm³/mol. The minimum atomic E-state index is 0.111. The molecule has 4 aromatic rings. The normalized spacial score (nSPS) is 12.6. The van der Waals surface area contributed by atoms with Gasteiger partial charge in [0.05, 0.1) is 0 Å². The van der Waals surface area contributed by atoms with E-state index < -0.39 is 0 Å². The van der Waals surface area contributed by atoms with E-state index in [0.717, 1.165) is 34.6 Å². The Bertz CT molecular complexity index is 1040. The van der Waals surface area contributed by atoms with E-state index in [2.05, 4.69) is 37.4 Å². The Morgan fingerprint density at radius 3 is 2.71 bits per heavy atom. The van der Waals surface area contributed by atoms with Gasteiger partial charge in [0, 0.05) is 23.7 Å². The van der Waals surface area contributed by atoms with Crippen molar-refractivity contribution in [2.75, 3.05) is 20.6 Å². The van der Waals surface area contributed by atoms with Gasteiger partial charge in [-0.15, -0.1) is 10.2 Å². The minimum absolute atomic E-state index is 0.111. The average molecular weight is 378 g/mol. The van der Waals surface area contributed by atoms with Gasteiger partial charge < -0.3 is 9.64 Å². The molecule has 0 saturated heterocycles. The van der Waals surface area contributed by atoms with Gasteiger partial charge in [0.25, 0.3) is 0 Å². The predicted octanol–water partition coefficient (Wildman–Crippen LogP) is 1.99. The van der Waals surface area contributed by atoms with Crippen molar-refractivity contribution >= 4 is 11.0 Å². The van der Waals surface area contributed by atoms with Crippen LogP contribution >= 0.6 is 0 Å². The van der Waals surface area contributed by atoms with Crippen molar-refractivity contribution < 1.29 is 4.74 Å². The number of ether oxygens (including phenoxy) is 1. The Kier molecular flexibility index (Phi) is 4.98. The van der Waals surface area contributed by atoms with Crippen LogP contribution in [0.15, 0.2) is 42.6 Å². The van der Waals surface area contributed by atoms with Crippen LogP contribution in [0.3, 0.4) is 0 Å². The van der Waals surface area contributed by atoms with Gasteiger partial charge in [-0.3, -0.25) is 0 Å². The molecular formula is C19H22N8O. The molecule has 4 rings (SSSR count). The third-order valence-corrected chi connectivity index (χ3v) is 4.27. The second kappa shape index (κ2) is 7.73. The standard InChI is InChI=1S/C19H22N8O/c1-13(11-26(2)3)28-15-8-6-14(7-9-15)18-16-5-4-10-20-19(16)27(23-18)12-17-21-24-25-22-17/h4-10,13H,11-12H2,1-3H3,(H,21,22,24,25). The van der Waals surface area contributed by atoms with Crippen molar-refractivity contribution in [3.63, 3.8) is 0 Å². The smallest absolute Gasteiger partial charge is 0.196 e. The van der Waals surface area contributed by atoms with E-state index in [0.29, 0.717) is 12.4 Å². The van der Waals surface area contributed by atoms with Crippen molar-refractivity contribution in [1.82, 2.24) is 40.3 Å². The highest BCUT2D eigenvalue weighted by atomic mass is 16.5. The molecule has 0 amide bonds. The Morgan fingerprint density at radius 2 is 2.00 bits per heavy atom. The molecule has 0 bridgehead atoms. The molecule has 0 aliphatic heterocycles. The van der Waals surface area contributed by atoms with Gasteiger partial charge in [0.2, 0.25) is 0 Å². The fourth-order valence-corrected chi connectivity index (χ4v) is 3.19. The van der Waals surface area contributed by atoms with Gasteiger partial charge in [-0.25, -0.2) is 9.67 Å². The summed E-state index contributed by atoms with van der Waals surface area (Å²) in [4.78, 5) is 6.58. The molecule has 1 N–H and O–H groups in total. The number of nitrogens with one attached hydrogen (secondary N) is 1. The minimum Gasteiger partial charge on any atom is -0.489 e. The van der Waals surface area contributed by atoms with E-state index in [9.17, 15) is 0 Å². The highest BCUT2D eigenvalue weighted by molar-refractivity contribution is 5.91.